The maximum Gasteiger partial charge on any atom is 0.337 e. The van der Waals surface area contributed by atoms with Gasteiger partial charge in [-0.1, -0.05) is 0 Å². The van der Waals surface area contributed by atoms with Gasteiger partial charge in [0, 0.05) is 6.07 Å². The molecule has 0 amide bonds. The van der Waals surface area contributed by atoms with Gasteiger partial charge in [-0.15, -0.1) is 0 Å². The van der Waals surface area contributed by atoms with E-state index < -0.39 is 10.9 Å². The Balaban J connectivity index is 2.41. The van der Waals surface area contributed by atoms with E-state index in [1.54, 1.807) is 6.92 Å². The zero-order valence-electron chi connectivity index (χ0n) is 10.7. The summed E-state index contributed by atoms with van der Waals surface area (Å²) in [6.45, 7) is 1.74. The lowest BCUT2D eigenvalue weighted by Gasteiger charge is -2.03. The normalized spacial score (nSPS) is 10.3. The summed E-state index contributed by atoms with van der Waals surface area (Å²) in [7, 11) is 1.24. The molecule has 1 aromatic heterocycles. The van der Waals surface area contributed by atoms with E-state index in [9.17, 15) is 14.9 Å². The minimum Gasteiger partial charge on any atom is -0.465 e. The zero-order chi connectivity index (χ0) is 14.7. The largest absolute Gasteiger partial charge is 0.465 e. The van der Waals surface area contributed by atoms with Crippen LogP contribution in [0.5, 0.6) is 0 Å². The van der Waals surface area contributed by atoms with Crippen LogP contribution in [0.1, 0.15) is 16.1 Å². The average Bonchev–Trinajstić information content (AvgIpc) is 2.82. The van der Waals surface area contributed by atoms with Crippen molar-refractivity contribution in [1.82, 2.24) is 4.98 Å². The Bertz CT molecular complexity index is 668. The van der Waals surface area contributed by atoms with Gasteiger partial charge in [0.1, 0.15) is 6.26 Å². The molecule has 0 bridgehead atoms. The molecule has 0 aliphatic rings. The lowest BCUT2D eigenvalue weighted by atomic mass is 10.2. The summed E-state index contributed by atoms with van der Waals surface area (Å²) >= 11 is 0.978. The smallest absolute Gasteiger partial charge is 0.337 e. The monoisotopic (exact) mass is 294 g/mol. The molecule has 0 radical (unpaired) electrons. The third-order valence-corrected chi connectivity index (χ3v) is 3.28. The van der Waals surface area contributed by atoms with Gasteiger partial charge in [-0.25, -0.2) is 9.78 Å². The van der Waals surface area contributed by atoms with Crippen LogP contribution in [0, 0.1) is 17.0 Å². The van der Waals surface area contributed by atoms with Gasteiger partial charge in [0.15, 0.2) is 0 Å². The van der Waals surface area contributed by atoms with Crippen molar-refractivity contribution >= 4 is 23.4 Å². The highest BCUT2D eigenvalue weighted by atomic mass is 32.2. The molecule has 0 saturated carbocycles. The van der Waals surface area contributed by atoms with E-state index in [0.29, 0.717) is 5.69 Å². The molecule has 1 aromatic carbocycles. The van der Waals surface area contributed by atoms with Crippen LogP contribution in [0.2, 0.25) is 0 Å². The fourth-order valence-corrected chi connectivity index (χ4v) is 2.37. The van der Waals surface area contributed by atoms with Gasteiger partial charge < -0.3 is 9.15 Å². The molecule has 0 saturated heterocycles. The molecule has 0 spiro atoms. The Kier molecular flexibility index (Phi) is 4.04. The number of aryl methyl sites for hydroxylation is 1. The van der Waals surface area contributed by atoms with Crippen molar-refractivity contribution in [3.05, 3.63) is 45.8 Å². The second-order valence-corrected chi connectivity index (χ2v) is 4.78. The van der Waals surface area contributed by atoms with Crippen molar-refractivity contribution in [2.24, 2.45) is 0 Å². The van der Waals surface area contributed by atoms with Gasteiger partial charge in [-0.2, -0.15) is 0 Å². The van der Waals surface area contributed by atoms with Crippen LogP contribution in [-0.4, -0.2) is 23.0 Å². The number of esters is 1. The van der Waals surface area contributed by atoms with E-state index in [-0.39, 0.29) is 21.4 Å². The zero-order valence-corrected chi connectivity index (χ0v) is 11.5. The Morgan fingerprint density at radius 1 is 1.50 bits per heavy atom. The van der Waals surface area contributed by atoms with Crippen LogP contribution in [0.25, 0.3) is 0 Å². The predicted molar refractivity (Wildman–Crippen MR) is 69.8 cm³/mol. The van der Waals surface area contributed by atoms with Gasteiger partial charge in [0.05, 0.1) is 28.2 Å². The third kappa shape index (κ3) is 2.97. The summed E-state index contributed by atoms with van der Waals surface area (Å²) in [4.78, 5) is 26.2. The molecule has 0 N–H and O–H groups in total. The number of carbonyl (C=O) groups excluding carboxylic acids is 1. The first-order valence-corrected chi connectivity index (χ1v) is 6.29. The summed E-state index contributed by atoms with van der Waals surface area (Å²) in [6.07, 6.45) is 1.44. The Morgan fingerprint density at radius 3 is 2.80 bits per heavy atom. The highest BCUT2D eigenvalue weighted by Gasteiger charge is 2.19. The average molecular weight is 294 g/mol. The Labute approximate surface area is 118 Å². The van der Waals surface area contributed by atoms with E-state index in [4.69, 9.17) is 4.42 Å². The summed E-state index contributed by atoms with van der Waals surface area (Å²) in [5.41, 5.74) is 0.765. The summed E-state index contributed by atoms with van der Waals surface area (Å²) in [6, 6.07) is 3.98. The number of nitrogens with zero attached hydrogens (tertiary/aromatic N) is 2. The van der Waals surface area contributed by atoms with Crippen LogP contribution < -0.4 is 0 Å². The molecule has 0 aliphatic heterocycles. The van der Waals surface area contributed by atoms with Crippen LogP contribution in [0.15, 0.2) is 39.0 Å². The molecule has 0 unspecified atom stereocenters. The highest BCUT2D eigenvalue weighted by molar-refractivity contribution is 7.99. The minimum atomic E-state index is -0.565. The first kappa shape index (κ1) is 14.1. The number of hydrogen-bond acceptors (Lipinski definition) is 7. The number of rotatable bonds is 4. The van der Waals surface area contributed by atoms with E-state index >= 15 is 0 Å². The first-order chi connectivity index (χ1) is 9.51. The predicted octanol–water partition coefficient (Wildman–Crippen LogP) is 2.83. The summed E-state index contributed by atoms with van der Waals surface area (Å²) in [5, 5.41) is 11.3. The van der Waals surface area contributed by atoms with Crippen molar-refractivity contribution in [2.75, 3.05) is 7.11 Å². The van der Waals surface area contributed by atoms with Gasteiger partial charge in [0.25, 0.3) is 10.9 Å². The fraction of sp³-hybridized carbons (Fsp3) is 0.167. The van der Waals surface area contributed by atoms with Gasteiger partial charge in [-0.05, 0) is 30.8 Å². The standard InChI is InChI=1S/C12H10N2O5S/c1-7-6-19-12(13-7)20-10-5-8(11(15)18-2)3-4-9(10)14(16)17/h3-6H,1-2H3. The molecule has 0 atom stereocenters. The number of ether oxygens (including phenoxy) is 1. The molecule has 2 rings (SSSR count). The number of nitro benzene ring substituents is 1. The molecule has 104 valence electrons. The molecule has 1 heterocycles. The maximum absolute atomic E-state index is 11.5. The van der Waals surface area contributed by atoms with Crippen molar-refractivity contribution in [1.29, 1.82) is 0 Å². The Morgan fingerprint density at radius 2 is 2.25 bits per heavy atom. The SMILES string of the molecule is COC(=O)c1ccc([N+](=O)[O-])c(Sc2nc(C)co2)c1. The molecule has 7 nitrogen and oxygen atoms in total. The van der Waals surface area contributed by atoms with Crippen LogP contribution in [0.3, 0.4) is 0 Å². The van der Waals surface area contributed by atoms with Crippen molar-refractivity contribution in [3.8, 4) is 0 Å². The topological polar surface area (TPSA) is 95.5 Å². The third-order valence-electron chi connectivity index (χ3n) is 2.37. The second kappa shape index (κ2) is 5.74. The highest BCUT2D eigenvalue weighted by Crippen LogP contribution is 2.35. The van der Waals surface area contributed by atoms with Crippen LogP contribution >= 0.6 is 11.8 Å². The lowest BCUT2D eigenvalue weighted by Crippen LogP contribution is -2.02. The molecule has 20 heavy (non-hydrogen) atoms. The summed E-state index contributed by atoms with van der Waals surface area (Å²) < 4.78 is 9.73. The van der Waals surface area contributed by atoms with Crippen molar-refractivity contribution in [2.45, 2.75) is 17.0 Å². The number of carbonyl (C=O) groups is 1. The molecular formula is C12H10N2O5S. The van der Waals surface area contributed by atoms with Crippen LogP contribution in [0.4, 0.5) is 5.69 Å². The van der Waals surface area contributed by atoms with Gasteiger partial charge in [0.2, 0.25) is 0 Å². The lowest BCUT2D eigenvalue weighted by molar-refractivity contribution is -0.387. The number of benzene rings is 1. The molecule has 8 heteroatoms. The Hall–Kier alpha value is -2.35. The number of aromatic nitrogens is 1. The summed E-state index contributed by atoms with van der Waals surface area (Å²) in [5.74, 6) is -0.565. The van der Waals surface area contributed by atoms with Crippen molar-refractivity contribution in [3.63, 3.8) is 0 Å². The van der Waals surface area contributed by atoms with E-state index in [1.807, 2.05) is 0 Å². The van der Waals surface area contributed by atoms with Crippen LogP contribution in [-0.2, 0) is 4.74 Å². The molecule has 0 fully saturated rings. The van der Waals surface area contributed by atoms with Gasteiger partial charge in [-0.3, -0.25) is 10.1 Å². The number of methoxy groups -OCH3 is 1. The molecule has 0 aliphatic carbocycles. The fourth-order valence-electron chi connectivity index (χ4n) is 1.46. The van der Waals surface area contributed by atoms with Crippen molar-refractivity contribution < 1.29 is 18.9 Å². The number of nitro groups is 1. The number of hydrogen-bond donors (Lipinski definition) is 0. The van der Waals surface area contributed by atoms with Gasteiger partial charge >= 0.3 is 5.97 Å². The second-order valence-electron chi connectivity index (χ2n) is 3.79. The van der Waals surface area contributed by atoms with E-state index in [1.165, 1.54) is 31.6 Å². The van der Waals surface area contributed by atoms with E-state index in [0.717, 1.165) is 11.8 Å². The quantitative estimate of drug-likeness (QED) is 0.486. The first-order valence-electron chi connectivity index (χ1n) is 5.48. The maximum atomic E-state index is 11.5. The molecular weight excluding hydrogens is 284 g/mol. The van der Waals surface area contributed by atoms with E-state index in [2.05, 4.69) is 9.72 Å². The molecule has 2 aromatic rings. The number of oxazole rings is 1. The minimum absolute atomic E-state index is 0.126.